The minimum Gasteiger partial charge on any atom is -0.338 e. The van der Waals surface area contributed by atoms with E-state index in [0.29, 0.717) is 11.7 Å². The Morgan fingerprint density at radius 3 is 2.67 bits per heavy atom. The van der Waals surface area contributed by atoms with Gasteiger partial charge in [0.15, 0.2) is 0 Å². The lowest BCUT2D eigenvalue weighted by atomic mass is 10.2. The van der Waals surface area contributed by atoms with Crippen molar-refractivity contribution >= 4 is 15.9 Å². The van der Waals surface area contributed by atoms with Crippen molar-refractivity contribution in [2.24, 2.45) is 0 Å². The Balaban J connectivity index is 1.63. The van der Waals surface area contributed by atoms with Crippen LogP contribution in [0.3, 0.4) is 0 Å². The minimum absolute atomic E-state index is 0.651. The molecule has 0 aliphatic carbocycles. The van der Waals surface area contributed by atoms with Crippen LogP contribution in [0.15, 0.2) is 33.3 Å². The number of piperazine rings is 1. The van der Waals surface area contributed by atoms with Gasteiger partial charge in [-0.3, -0.25) is 4.90 Å². The number of nitrogens with zero attached hydrogens (tertiary/aromatic N) is 4. The number of rotatable bonds is 4. The van der Waals surface area contributed by atoms with Gasteiger partial charge in [0, 0.05) is 36.2 Å². The molecule has 0 amide bonds. The average molecular weight is 351 g/mol. The van der Waals surface area contributed by atoms with Gasteiger partial charge >= 0.3 is 0 Å². The van der Waals surface area contributed by atoms with Crippen molar-refractivity contribution in [1.29, 1.82) is 0 Å². The fraction of sp³-hybridized carbons (Fsp3) is 0.467. The standard InChI is InChI=1S/C15H19BrN4O/c1-2-19-6-8-20(9-7-19)11-14-17-15(18-21-14)12-4-3-5-13(16)10-12/h3-5,10H,2,6-9,11H2,1H3. The fourth-order valence-electron chi connectivity index (χ4n) is 2.52. The molecule has 0 radical (unpaired) electrons. The van der Waals surface area contributed by atoms with Crippen LogP contribution < -0.4 is 0 Å². The van der Waals surface area contributed by atoms with E-state index in [1.165, 1.54) is 0 Å². The number of likely N-dealkylation sites (N-methyl/N-ethyl adjacent to an activating group) is 1. The zero-order valence-electron chi connectivity index (χ0n) is 12.1. The molecule has 1 aliphatic heterocycles. The quantitative estimate of drug-likeness (QED) is 0.848. The van der Waals surface area contributed by atoms with Gasteiger partial charge in [-0.1, -0.05) is 40.1 Å². The second kappa shape index (κ2) is 6.68. The normalized spacial score (nSPS) is 17.2. The molecule has 1 saturated heterocycles. The smallest absolute Gasteiger partial charge is 0.241 e. The molecular formula is C15H19BrN4O. The van der Waals surface area contributed by atoms with Crippen LogP contribution >= 0.6 is 15.9 Å². The molecule has 0 saturated carbocycles. The maximum absolute atomic E-state index is 5.38. The molecule has 0 spiro atoms. The molecule has 1 aromatic heterocycles. The van der Waals surface area contributed by atoms with Crippen molar-refractivity contribution < 1.29 is 4.52 Å². The van der Waals surface area contributed by atoms with Gasteiger partial charge in [0.1, 0.15) is 0 Å². The summed E-state index contributed by atoms with van der Waals surface area (Å²) in [4.78, 5) is 9.32. The molecule has 1 fully saturated rings. The number of halogens is 1. The highest BCUT2D eigenvalue weighted by Gasteiger charge is 2.18. The third kappa shape index (κ3) is 3.70. The molecule has 21 heavy (non-hydrogen) atoms. The molecule has 3 rings (SSSR count). The lowest BCUT2D eigenvalue weighted by Crippen LogP contribution is -2.45. The largest absolute Gasteiger partial charge is 0.338 e. The zero-order chi connectivity index (χ0) is 14.7. The van der Waals surface area contributed by atoms with Crippen LogP contribution in [0.5, 0.6) is 0 Å². The summed E-state index contributed by atoms with van der Waals surface area (Å²) in [6.07, 6.45) is 0. The van der Waals surface area contributed by atoms with Crippen molar-refractivity contribution in [3.8, 4) is 11.4 Å². The molecule has 2 heterocycles. The molecule has 1 aliphatic rings. The minimum atomic E-state index is 0.651. The van der Waals surface area contributed by atoms with E-state index >= 15 is 0 Å². The van der Waals surface area contributed by atoms with Crippen LogP contribution in [0.4, 0.5) is 0 Å². The van der Waals surface area contributed by atoms with Gasteiger partial charge in [0.05, 0.1) is 6.54 Å². The topological polar surface area (TPSA) is 45.4 Å². The first kappa shape index (κ1) is 14.7. The first-order valence-corrected chi connectivity index (χ1v) is 8.07. The summed E-state index contributed by atoms with van der Waals surface area (Å²) < 4.78 is 6.40. The summed E-state index contributed by atoms with van der Waals surface area (Å²) in [6, 6.07) is 7.94. The van der Waals surface area contributed by atoms with Crippen LogP contribution in [0.25, 0.3) is 11.4 Å². The summed E-state index contributed by atoms with van der Waals surface area (Å²) in [5, 5.41) is 4.08. The van der Waals surface area contributed by atoms with E-state index in [1.807, 2.05) is 24.3 Å². The Bertz CT molecular complexity index is 593. The Labute approximate surface area is 133 Å². The van der Waals surface area contributed by atoms with Crippen LogP contribution in [-0.4, -0.2) is 52.7 Å². The van der Waals surface area contributed by atoms with E-state index in [1.54, 1.807) is 0 Å². The van der Waals surface area contributed by atoms with Crippen molar-refractivity contribution in [2.45, 2.75) is 13.5 Å². The first-order chi connectivity index (χ1) is 10.2. The van der Waals surface area contributed by atoms with Crippen LogP contribution in [0.1, 0.15) is 12.8 Å². The first-order valence-electron chi connectivity index (χ1n) is 7.28. The Morgan fingerprint density at radius 1 is 1.19 bits per heavy atom. The van der Waals surface area contributed by atoms with Crippen molar-refractivity contribution in [2.75, 3.05) is 32.7 Å². The SMILES string of the molecule is CCN1CCN(Cc2nc(-c3cccc(Br)c3)no2)CC1. The molecule has 1 aromatic carbocycles. The van der Waals surface area contributed by atoms with E-state index in [9.17, 15) is 0 Å². The van der Waals surface area contributed by atoms with Crippen molar-refractivity contribution in [1.82, 2.24) is 19.9 Å². The maximum Gasteiger partial charge on any atom is 0.241 e. The highest BCUT2D eigenvalue weighted by molar-refractivity contribution is 9.10. The summed E-state index contributed by atoms with van der Waals surface area (Å²) in [5.41, 5.74) is 0.968. The second-order valence-corrected chi connectivity index (χ2v) is 6.15. The Hall–Kier alpha value is -1.24. The van der Waals surface area contributed by atoms with Gasteiger partial charge in [0.2, 0.25) is 11.7 Å². The molecule has 5 nitrogen and oxygen atoms in total. The van der Waals surface area contributed by atoms with Gasteiger partial charge in [0.25, 0.3) is 0 Å². The molecular weight excluding hydrogens is 332 g/mol. The number of hydrogen-bond acceptors (Lipinski definition) is 5. The molecule has 6 heteroatoms. The van der Waals surface area contributed by atoms with E-state index in [2.05, 4.69) is 42.8 Å². The van der Waals surface area contributed by atoms with Crippen LogP contribution in [0.2, 0.25) is 0 Å². The molecule has 0 N–H and O–H groups in total. The monoisotopic (exact) mass is 350 g/mol. The average Bonchev–Trinajstić information content (AvgIpc) is 2.97. The molecule has 0 bridgehead atoms. The molecule has 0 atom stereocenters. The van der Waals surface area contributed by atoms with E-state index in [-0.39, 0.29) is 0 Å². The predicted molar refractivity (Wildman–Crippen MR) is 84.8 cm³/mol. The summed E-state index contributed by atoms with van der Waals surface area (Å²) in [5.74, 6) is 1.34. The van der Waals surface area contributed by atoms with Gasteiger partial charge < -0.3 is 9.42 Å². The third-order valence-electron chi connectivity index (χ3n) is 3.82. The predicted octanol–water partition coefficient (Wildman–Crippen LogP) is 2.64. The zero-order valence-corrected chi connectivity index (χ0v) is 13.7. The number of hydrogen-bond donors (Lipinski definition) is 0. The van der Waals surface area contributed by atoms with Gasteiger partial charge in [-0.15, -0.1) is 0 Å². The maximum atomic E-state index is 5.38. The van der Waals surface area contributed by atoms with E-state index < -0.39 is 0 Å². The van der Waals surface area contributed by atoms with Gasteiger partial charge in [-0.05, 0) is 18.7 Å². The molecule has 2 aromatic rings. The van der Waals surface area contributed by atoms with Crippen LogP contribution in [-0.2, 0) is 6.54 Å². The van der Waals surface area contributed by atoms with Gasteiger partial charge in [-0.2, -0.15) is 4.98 Å². The van der Waals surface area contributed by atoms with E-state index in [4.69, 9.17) is 4.52 Å². The lowest BCUT2D eigenvalue weighted by Gasteiger charge is -2.33. The Morgan fingerprint density at radius 2 is 1.95 bits per heavy atom. The molecule has 0 unspecified atom stereocenters. The number of aromatic nitrogens is 2. The summed E-state index contributed by atoms with van der Waals surface area (Å²) in [6.45, 7) is 8.41. The number of benzene rings is 1. The van der Waals surface area contributed by atoms with Crippen LogP contribution in [0, 0.1) is 0 Å². The third-order valence-corrected chi connectivity index (χ3v) is 4.32. The second-order valence-electron chi connectivity index (χ2n) is 5.23. The highest BCUT2D eigenvalue weighted by atomic mass is 79.9. The fourth-order valence-corrected chi connectivity index (χ4v) is 2.92. The van der Waals surface area contributed by atoms with Crippen molar-refractivity contribution in [3.63, 3.8) is 0 Å². The van der Waals surface area contributed by atoms with E-state index in [0.717, 1.165) is 49.3 Å². The van der Waals surface area contributed by atoms with Crippen molar-refractivity contribution in [3.05, 3.63) is 34.6 Å². The summed E-state index contributed by atoms with van der Waals surface area (Å²) in [7, 11) is 0. The van der Waals surface area contributed by atoms with Gasteiger partial charge in [-0.25, -0.2) is 0 Å². The summed E-state index contributed by atoms with van der Waals surface area (Å²) >= 11 is 3.46. The molecule has 112 valence electrons. The highest BCUT2D eigenvalue weighted by Crippen LogP contribution is 2.20. The Kier molecular flexibility index (Phi) is 4.67. The lowest BCUT2D eigenvalue weighted by molar-refractivity contribution is 0.121.